The van der Waals surface area contributed by atoms with E-state index < -0.39 is 71.2 Å². The summed E-state index contributed by atoms with van der Waals surface area (Å²) >= 11 is 0. The predicted octanol–water partition coefficient (Wildman–Crippen LogP) is 13.0. The lowest BCUT2D eigenvalue weighted by atomic mass is 10.00. The lowest BCUT2D eigenvalue weighted by Crippen LogP contribution is -2.60. The van der Waals surface area contributed by atoms with Crippen LogP contribution >= 0.6 is 0 Å². The summed E-state index contributed by atoms with van der Waals surface area (Å²) < 4.78 is 54.2. The van der Waals surface area contributed by atoms with Crippen molar-refractivity contribution in [1.29, 1.82) is 0 Å². The van der Waals surface area contributed by atoms with Crippen molar-refractivity contribution < 1.29 is 56.8 Å². The first-order chi connectivity index (χ1) is 34.0. The Morgan fingerprint density at radius 3 is 1.37 bits per heavy atom. The van der Waals surface area contributed by atoms with E-state index in [2.05, 4.69) is 74.6 Å². The highest BCUT2D eigenvalue weighted by molar-refractivity contribution is 7.85. The highest BCUT2D eigenvalue weighted by Crippen LogP contribution is 2.24. The number of hydrogen-bond donors (Lipinski definition) is 4. The van der Waals surface area contributed by atoms with E-state index in [0.717, 1.165) is 44.9 Å². The molecule has 1 fully saturated rings. The average molecular weight is 1010 g/mol. The van der Waals surface area contributed by atoms with Crippen LogP contribution in [0, 0.1) is 0 Å². The topological polar surface area (TPSA) is 186 Å². The summed E-state index contributed by atoms with van der Waals surface area (Å²) in [4.78, 5) is 25.5. The SMILES string of the molecule is CCCCC/C=C/C/C=C/C/C=C/C/C=C/C/C=C/CCC(=O)O[C@H](COC(=O)CCC/C=C/CCCCCCCCCCCCCCCCCCCC)CO[C@H]1O[C@H](CS(=O)(=O)O)[C@@H](O)C(O)C1O. The lowest BCUT2D eigenvalue weighted by Gasteiger charge is -2.40. The van der Waals surface area contributed by atoms with E-state index in [4.69, 9.17) is 18.9 Å². The van der Waals surface area contributed by atoms with E-state index in [0.29, 0.717) is 19.3 Å². The highest BCUT2D eigenvalue weighted by Gasteiger charge is 2.46. The first-order valence-corrected chi connectivity index (χ1v) is 29.1. The van der Waals surface area contributed by atoms with Gasteiger partial charge in [-0.15, -0.1) is 0 Å². The predicted molar refractivity (Wildman–Crippen MR) is 284 cm³/mol. The van der Waals surface area contributed by atoms with Crippen LogP contribution < -0.4 is 0 Å². The van der Waals surface area contributed by atoms with Gasteiger partial charge >= 0.3 is 11.9 Å². The third kappa shape index (κ3) is 39.7. The molecule has 13 heteroatoms. The van der Waals surface area contributed by atoms with Crippen molar-refractivity contribution >= 4 is 22.1 Å². The molecule has 0 aromatic rings. The van der Waals surface area contributed by atoms with Crippen molar-refractivity contribution in [3.8, 4) is 0 Å². The van der Waals surface area contributed by atoms with Crippen LogP contribution in [0.1, 0.15) is 219 Å². The number of aliphatic hydroxyl groups is 3. The molecule has 0 aliphatic carbocycles. The Morgan fingerprint density at radius 2 is 0.886 bits per heavy atom. The maximum Gasteiger partial charge on any atom is 0.306 e. The first-order valence-electron chi connectivity index (χ1n) is 27.5. The van der Waals surface area contributed by atoms with Crippen LogP contribution in [-0.4, -0.2) is 96.0 Å². The van der Waals surface area contributed by atoms with Crippen molar-refractivity contribution in [2.45, 2.75) is 256 Å². The molecule has 6 atom stereocenters. The van der Waals surface area contributed by atoms with E-state index >= 15 is 0 Å². The first kappa shape index (κ1) is 65.1. The fourth-order valence-electron chi connectivity index (χ4n) is 8.02. The second-order valence-electron chi connectivity index (χ2n) is 18.9. The summed E-state index contributed by atoms with van der Waals surface area (Å²) in [6, 6.07) is 0. The number of hydrogen-bond acceptors (Lipinski definition) is 11. The lowest BCUT2D eigenvalue weighted by molar-refractivity contribution is -0.297. The normalized spacial score (nSPS) is 19.5. The maximum absolute atomic E-state index is 12.8. The van der Waals surface area contributed by atoms with Gasteiger partial charge in [-0.2, -0.15) is 8.42 Å². The molecule has 404 valence electrons. The summed E-state index contributed by atoms with van der Waals surface area (Å²) in [5.41, 5.74) is 0. The van der Waals surface area contributed by atoms with Gasteiger partial charge in [-0.3, -0.25) is 14.1 Å². The minimum atomic E-state index is -4.62. The largest absolute Gasteiger partial charge is 0.462 e. The van der Waals surface area contributed by atoms with Gasteiger partial charge in [0.2, 0.25) is 0 Å². The Labute approximate surface area is 425 Å². The van der Waals surface area contributed by atoms with Crippen LogP contribution in [0.25, 0.3) is 0 Å². The van der Waals surface area contributed by atoms with E-state index in [9.17, 15) is 37.9 Å². The van der Waals surface area contributed by atoms with Crippen LogP contribution in [0.5, 0.6) is 0 Å². The van der Waals surface area contributed by atoms with Gasteiger partial charge in [0.15, 0.2) is 12.4 Å². The Balaban J connectivity index is 2.40. The number of esters is 2. The summed E-state index contributed by atoms with van der Waals surface area (Å²) in [6.45, 7) is 3.68. The van der Waals surface area contributed by atoms with Gasteiger partial charge < -0.3 is 34.3 Å². The maximum atomic E-state index is 12.8. The number of allylic oxidation sites excluding steroid dienone is 12. The van der Waals surface area contributed by atoms with Crippen molar-refractivity contribution in [3.05, 3.63) is 72.9 Å². The molecule has 0 amide bonds. The quantitative estimate of drug-likeness (QED) is 0.0196. The smallest absolute Gasteiger partial charge is 0.306 e. The molecule has 4 N–H and O–H groups in total. The van der Waals surface area contributed by atoms with Crippen LogP contribution in [-0.2, 0) is 38.7 Å². The van der Waals surface area contributed by atoms with Crippen molar-refractivity contribution in [2.75, 3.05) is 19.0 Å². The second kappa shape index (κ2) is 45.9. The molecule has 1 aliphatic heterocycles. The molecule has 0 spiro atoms. The van der Waals surface area contributed by atoms with Gasteiger partial charge in [0.1, 0.15) is 36.8 Å². The van der Waals surface area contributed by atoms with Gasteiger partial charge in [-0.25, -0.2) is 0 Å². The minimum Gasteiger partial charge on any atom is -0.462 e. The van der Waals surface area contributed by atoms with Gasteiger partial charge in [0.05, 0.1) is 6.61 Å². The monoisotopic (exact) mass is 1010 g/mol. The van der Waals surface area contributed by atoms with Gasteiger partial charge in [0, 0.05) is 12.8 Å². The van der Waals surface area contributed by atoms with E-state index in [1.807, 2.05) is 12.2 Å². The molecule has 1 aliphatic rings. The zero-order valence-corrected chi connectivity index (χ0v) is 44.4. The fraction of sp³-hybridized carbons (Fsp3) is 0.754. The summed E-state index contributed by atoms with van der Waals surface area (Å²) in [6.07, 6.45) is 51.1. The van der Waals surface area contributed by atoms with E-state index in [1.165, 1.54) is 128 Å². The Morgan fingerprint density at radius 1 is 0.486 bits per heavy atom. The molecule has 1 rings (SSSR count). The molecule has 12 nitrogen and oxygen atoms in total. The van der Waals surface area contributed by atoms with Gasteiger partial charge in [-0.1, -0.05) is 209 Å². The van der Waals surface area contributed by atoms with Crippen LogP contribution in [0.3, 0.4) is 0 Å². The molecule has 2 unspecified atom stereocenters. The summed E-state index contributed by atoms with van der Waals surface area (Å²) in [7, 11) is -4.62. The Kier molecular flexibility index (Phi) is 42.7. The molecule has 0 aromatic heterocycles. The number of carbonyl (C=O) groups excluding carboxylic acids is 2. The molecule has 1 heterocycles. The summed E-state index contributed by atoms with van der Waals surface area (Å²) in [5, 5.41) is 31.0. The van der Waals surface area contributed by atoms with Crippen molar-refractivity contribution in [1.82, 2.24) is 0 Å². The zero-order valence-electron chi connectivity index (χ0n) is 43.6. The highest BCUT2D eigenvalue weighted by atomic mass is 32.2. The third-order valence-corrected chi connectivity index (χ3v) is 13.0. The number of carbonyl (C=O) groups is 2. The van der Waals surface area contributed by atoms with Gasteiger partial charge in [0.25, 0.3) is 10.1 Å². The zero-order chi connectivity index (χ0) is 51.2. The van der Waals surface area contributed by atoms with Crippen molar-refractivity contribution in [2.24, 2.45) is 0 Å². The van der Waals surface area contributed by atoms with Crippen LogP contribution in [0.15, 0.2) is 72.9 Å². The number of aliphatic hydroxyl groups excluding tert-OH is 3. The van der Waals surface area contributed by atoms with E-state index in [-0.39, 0.29) is 19.4 Å². The van der Waals surface area contributed by atoms with Crippen LogP contribution in [0.4, 0.5) is 0 Å². The molecule has 0 aromatic carbocycles. The number of unbranched alkanes of at least 4 members (excludes halogenated alkanes) is 22. The standard InChI is InChI=1S/C57H98O12S/c1-3-5-7-9-11-13-15-17-19-21-23-24-25-26-28-29-31-33-35-37-39-41-43-45-52(58)66-47-50(48-67-57-56(62)55(61)54(60)51(69-57)49-70(63,64)65)68-53(59)46-44-42-40-38-36-34-32-30-27-22-20-18-16-14-12-10-8-6-4-2/h12,14,18,20,27,30,34,36-37,39-40,42,50-51,54-57,60-62H,3-11,13,15-17,19,21-26,28-29,31-33,35,38,41,43-49H2,1-2H3,(H,63,64,65)/b14-12+,20-18+,30-27+,36-34+,39-37+,42-40+/t50-,51-,54-,55?,56?,57+/m1/s1. The number of ether oxygens (including phenoxy) is 4. The molecule has 0 radical (unpaired) electrons. The van der Waals surface area contributed by atoms with Gasteiger partial charge in [-0.05, 0) is 70.6 Å². The molecule has 0 saturated carbocycles. The van der Waals surface area contributed by atoms with Crippen LogP contribution in [0.2, 0.25) is 0 Å². The van der Waals surface area contributed by atoms with E-state index in [1.54, 1.807) is 0 Å². The molecule has 0 bridgehead atoms. The second-order valence-corrected chi connectivity index (χ2v) is 20.4. The minimum absolute atomic E-state index is 0.0330. The molecular weight excluding hydrogens is 909 g/mol. The Hall–Kier alpha value is -2.91. The number of rotatable bonds is 46. The molecular formula is C57H98O12S. The molecule has 70 heavy (non-hydrogen) atoms. The Bertz CT molecular complexity index is 1550. The summed E-state index contributed by atoms with van der Waals surface area (Å²) in [5.74, 6) is -2.13. The third-order valence-electron chi connectivity index (χ3n) is 12.3. The van der Waals surface area contributed by atoms with Crippen molar-refractivity contribution in [3.63, 3.8) is 0 Å². The fourth-order valence-corrected chi connectivity index (χ4v) is 8.71. The average Bonchev–Trinajstić information content (AvgIpc) is 3.33. The molecule has 1 saturated heterocycles.